The van der Waals surface area contributed by atoms with Crippen LogP contribution < -0.4 is 5.32 Å². The second-order valence-corrected chi connectivity index (χ2v) is 18.9. The minimum atomic E-state index is -4.41. The number of aromatic nitrogens is 1. The van der Waals surface area contributed by atoms with Crippen LogP contribution in [-0.2, 0) is 22.8 Å². The maximum atomic E-state index is 14.5. The van der Waals surface area contributed by atoms with Crippen molar-refractivity contribution in [2.24, 2.45) is 51.2 Å². The molecule has 3 nitrogen and oxygen atoms in total. The van der Waals surface area contributed by atoms with Gasteiger partial charge < -0.3 is 10.3 Å². The van der Waals surface area contributed by atoms with E-state index in [4.69, 9.17) is 11.6 Å². The van der Waals surface area contributed by atoms with Crippen LogP contribution in [0.25, 0.3) is 10.9 Å². The molecule has 268 valence electrons. The Kier molecular flexibility index (Phi) is 7.49. The predicted octanol–water partition coefficient (Wildman–Crippen LogP) is 12.2. The number of amides is 1. The van der Waals surface area contributed by atoms with Gasteiger partial charge in [-0.2, -0.15) is 13.2 Å². The fourth-order valence-electron chi connectivity index (χ4n) is 13.8. The summed E-state index contributed by atoms with van der Waals surface area (Å²) < 4.78 is 39.9. The summed E-state index contributed by atoms with van der Waals surface area (Å²) in [4.78, 5) is 18.4. The molecule has 0 bridgehead atoms. The summed E-state index contributed by atoms with van der Waals surface area (Å²) in [6.07, 6.45) is 4.78. The van der Waals surface area contributed by atoms with Gasteiger partial charge >= 0.3 is 6.18 Å². The molecule has 5 aliphatic carbocycles. The molecule has 3 aromatic rings. The normalized spacial score (nSPS) is 38.7. The van der Waals surface area contributed by atoms with E-state index in [0.717, 1.165) is 67.7 Å². The Morgan fingerprint density at radius 3 is 2.30 bits per heavy atom. The van der Waals surface area contributed by atoms with Gasteiger partial charge in [-0.25, -0.2) is 0 Å². The van der Waals surface area contributed by atoms with E-state index in [2.05, 4.69) is 70.6 Å². The van der Waals surface area contributed by atoms with Crippen LogP contribution in [0.2, 0.25) is 5.02 Å². The van der Waals surface area contributed by atoms with Crippen LogP contribution >= 0.6 is 11.6 Å². The first-order valence-electron chi connectivity index (χ1n) is 18.8. The molecule has 0 radical (unpaired) electrons. The number of hydrogen-bond acceptors (Lipinski definition) is 1. The third-order valence-corrected chi connectivity index (χ3v) is 16.4. The van der Waals surface area contributed by atoms with Gasteiger partial charge in [-0.15, -0.1) is 0 Å². The minimum Gasteiger partial charge on any atom is -0.358 e. The zero-order chi connectivity index (χ0) is 35.8. The standard InChI is InChI=1S/C43H52ClF3N2O/c1-24(2)28-16-19-42(37(50)48-27-11-8-25(9-12-27)43(45,46)47)21-20-40(6)31(35(28)42)13-15-34-39(5)23-30-29-22-26(44)10-14-32(29)49-36(30)38(3,4)33(39)17-18-41(34,40)7/h8-12,14,22,28,31,33-35,49H,1,13,15-21,23H2,2-7H3,(H,48,50)/t28-,31?,33?,34?,35?,39-,40+,41+,42-/m0/s1. The second kappa shape index (κ2) is 10.9. The van der Waals surface area contributed by atoms with Crippen molar-refractivity contribution >= 4 is 34.1 Å². The lowest BCUT2D eigenvalue weighted by molar-refractivity contribution is -0.224. The van der Waals surface area contributed by atoms with Gasteiger partial charge in [0.05, 0.1) is 11.0 Å². The van der Waals surface area contributed by atoms with E-state index in [1.165, 1.54) is 47.1 Å². The highest BCUT2D eigenvalue weighted by atomic mass is 35.5. The first-order chi connectivity index (χ1) is 23.4. The number of nitrogens with one attached hydrogen (secondary N) is 2. The summed E-state index contributed by atoms with van der Waals surface area (Å²) in [7, 11) is 0. The van der Waals surface area contributed by atoms with Gasteiger partial charge in [0.15, 0.2) is 0 Å². The molecular formula is C43H52ClF3N2O. The number of H-pyrrole nitrogens is 1. The number of aromatic amines is 1. The van der Waals surface area contributed by atoms with Gasteiger partial charge in [0, 0.05) is 32.7 Å². The molecule has 1 heterocycles. The van der Waals surface area contributed by atoms with Crippen molar-refractivity contribution in [2.45, 2.75) is 111 Å². The van der Waals surface area contributed by atoms with Crippen molar-refractivity contribution in [3.63, 3.8) is 0 Å². The van der Waals surface area contributed by atoms with Gasteiger partial charge in [0.25, 0.3) is 0 Å². The summed E-state index contributed by atoms with van der Waals surface area (Å²) in [6, 6.07) is 11.2. The molecule has 1 amide bonds. The SMILES string of the molecule is C=C(C)[C@@H]1CC[C@]2(C(=O)Nc3ccc(C(F)(F)F)cc3)CC[C@]3(C)C(CCC4[C@@]5(C)Cc6c([nH]c7ccc(Cl)cc67)C(C)(C)C5CC[C@]43C)C12. The number of hydrogen-bond donors (Lipinski definition) is 2. The third-order valence-electron chi connectivity index (χ3n) is 16.2. The summed E-state index contributed by atoms with van der Waals surface area (Å²) >= 11 is 6.58. The zero-order valence-corrected chi connectivity index (χ0v) is 31.2. The predicted molar refractivity (Wildman–Crippen MR) is 196 cm³/mol. The number of anilines is 1. The van der Waals surface area contributed by atoms with Crippen molar-refractivity contribution in [1.82, 2.24) is 4.98 Å². The van der Waals surface area contributed by atoms with Crippen molar-refractivity contribution in [3.05, 3.63) is 76.5 Å². The van der Waals surface area contributed by atoms with Gasteiger partial charge in [-0.1, -0.05) is 58.4 Å². The molecule has 4 fully saturated rings. The van der Waals surface area contributed by atoms with Crippen LogP contribution in [0.15, 0.2) is 54.6 Å². The Morgan fingerprint density at radius 1 is 0.900 bits per heavy atom. The maximum absolute atomic E-state index is 14.5. The van der Waals surface area contributed by atoms with Crippen LogP contribution in [0.3, 0.4) is 0 Å². The quantitative estimate of drug-likeness (QED) is 0.262. The monoisotopic (exact) mass is 704 g/mol. The fraction of sp³-hybridized carbons (Fsp3) is 0.605. The number of carbonyl (C=O) groups excluding carboxylic acids is 1. The fourth-order valence-corrected chi connectivity index (χ4v) is 14.0. The molecule has 0 saturated heterocycles. The van der Waals surface area contributed by atoms with Gasteiger partial charge in [-0.3, -0.25) is 4.79 Å². The van der Waals surface area contributed by atoms with Crippen LogP contribution in [0, 0.1) is 51.2 Å². The Balaban J connectivity index is 1.15. The third kappa shape index (κ3) is 4.51. The van der Waals surface area contributed by atoms with E-state index in [-0.39, 0.29) is 39.4 Å². The van der Waals surface area contributed by atoms with Crippen LogP contribution in [0.4, 0.5) is 18.9 Å². The van der Waals surface area contributed by atoms with E-state index < -0.39 is 17.2 Å². The topological polar surface area (TPSA) is 44.9 Å². The number of rotatable bonds is 3. The summed E-state index contributed by atoms with van der Waals surface area (Å²) in [5.74, 6) is 1.88. The van der Waals surface area contributed by atoms with Gasteiger partial charge in [-0.05, 0) is 159 Å². The lowest BCUT2D eigenvalue weighted by Crippen LogP contribution is -2.67. The number of alkyl halides is 3. The Bertz CT molecular complexity index is 1890. The van der Waals surface area contributed by atoms with Crippen molar-refractivity contribution < 1.29 is 18.0 Å². The van der Waals surface area contributed by atoms with E-state index in [0.29, 0.717) is 23.4 Å². The highest BCUT2D eigenvalue weighted by Crippen LogP contribution is 2.77. The van der Waals surface area contributed by atoms with Crippen LogP contribution in [0.5, 0.6) is 0 Å². The molecule has 1 aromatic heterocycles. The van der Waals surface area contributed by atoms with Gasteiger partial charge in [0.2, 0.25) is 5.91 Å². The van der Waals surface area contributed by atoms with Crippen molar-refractivity contribution in [2.75, 3.05) is 5.32 Å². The molecule has 9 atom stereocenters. The molecule has 2 aromatic carbocycles. The number of halogens is 4. The maximum Gasteiger partial charge on any atom is 0.416 e. The Morgan fingerprint density at radius 2 is 1.62 bits per heavy atom. The molecular weight excluding hydrogens is 653 g/mol. The van der Waals surface area contributed by atoms with E-state index in [1.807, 2.05) is 6.07 Å². The number of benzene rings is 2. The highest BCUT2D eigenvalue weighted by molar-refractivity contribution is 6.31. The Labute approximate surface area is 300 Å². The first kappa shape index (κ1) is 34.4. The highest BCUT2D eigenvalue weighted by Gasteiger charge is 2.72. The largest absolute Gasteiger partial charge is 0.416 e. The summed E-state index contributed by atoms with van der Waals surface area (Å²) in [6.45, 7) is 19.3. The van der Waals surface area contributed by atoms with E-state index in [1.54, 1.807) is 0 Å². The molecule has 0 aliphatic heterocycles. The number of fused-ring (bicyclic) bond motifs is 10. The summed E-state index contributed by atoms with van der Waals surface area (Å²) in [5.41, 5.74) is 4.63. The van der Waals surface area contributed by atoms with Crippen LogP contribution in [0.1, 0.15) is 110 Å². The summed E-state index contributed by atoms with van der Waals surface area (Å²) in [5, 5.41) is 5.16. The molecule has 4 saturated carbocycles. The average molecular weight is 705 g/mol. The van der Waals surface area contributed by atoms with Crippen molar-refractivity contribution in [1.29, 1.82) is 0 Å². The first-order valence-corrected chi connectivity index (χ1v) is 19.2. The molecule has 50 heavy (non-hydrogen) atoms. The molecule has 8 rings (SSSR count). The lowest BCUT2D eigenvalue weighted by Gasteiger charge is -2.72. The molecule has 5 aliphatic rings. The van der Waals surface area contributed by atoms with E-state index >= 15 is 0 Å². The average Bonchev–Trinajstić information content (AvgIpc) is 3.61. The molecule has 7 heteroatoms. The molecule has 4 unspecified atom stereocenters. The lowest BCUT2D eigenvalue weighted by atomic mass is 9.32. The zero-order valence-electron chi connectivity index (χ0n) is 30.4. The van der Waals surface area contributed by atoms with Crippen molar-refractivity contribution in [3.8, 4) is 0 Å². The Hall–Kier alpha value is -2.73. The van der Waals surface area contributed by atoms with Gasteiger partial charge in [0.1, 0.15) is 0 Å². The molecule has 2 N–H and O–H groups in total. The molecule has 0 spiro atoms. The van der Waals surface area contributed by atoms with Crippen LogP contribution in [-0.4, -0.2) is 10.9 Å². The number of carbonyl (C=O) groups is 1. The second-order valence-electron chi connectivity index (χ2n) is 18.4. The minimum absolute atomic E-state index is 0.00151. The van der Waals surface area contributed by atoms with E-state index in [9.17, 15) is 18.0 Å². The number of allylic oxidation sites excluding steroid dienone is 1. The smallest absolute Gasteiger partial charge is 0.358 e.